The van der Waals surface area contributed by atoms with E-state index in [4.69, 9.17) is 5.11 Å². The van der Waals surface area contributed by atoms with E-state index in [-0.39, 0.29) is 18.3 Å². The average Bonchev–Trinajstić information content (AvgIpc) is 2.64. The molecule has 1 heterocycles. The number of aliphatic hydroxyl groups excluding tert-OH is 1. The molecule has 19 heavy (non-hydrogen) atoms. The van der Waals surface area contributed by atoms with Crippen molar-refractivity contribution in [3.05, 3.63) is 35.1 Å². The molecule has 0 aliphatic carbocycles. The molecule has 1 aliphatic rings. The van der Waals surface area contributed by atoms with Crippen molar-refractivity contribution in [1.82, 2.24) is 4.90 Å². The van der Waals surface area contributed by atoms with E-state index in [1.807, 2.05) is 6.92 Å². The van der Waals surface area contributed by atoms with Gasteiger partial charge in [0.1, 0.15) is 12.4 Å². The minimum Gasteiger partial charge on any atom is -0.384 e. The SMILES string of the molecule is CC1CC(=O)N(Cc2cc(F)cc(C#CCO)c2)C1. The van der Waals surface area contributed by atoms with Crippen molar-refractivity contribution in [2.24, 2.45) is 5.92 Å². The predicted molar refractivity (Wildman–Crippen MR) is 69.6 cm³/mol. The fourth-order valence-electron chi connectivity index (χ4n) is 2.30. The van der Waals surface area contributed by atoms with Gasteiger partial charge in [-0.3, -0.25) is 4.79 Å². The molecule has 1 N–H and O–H groups in total. The quantitative estimate of drug-likeness (QED) is 0.820. The van der Waals surface area contributed by atoms with Crippen molar-refractivity contribution >= 4 is 5.91 Å². The molecule has 1 unspecified atom stereocenters. The van der Waals surface area contributed by atoms with Crippen LogP contribution in [0.25, 0.3) is 0 Å². The maximum Gasteiger partial charge on any atom is 0.223 e. The Balaban J connectivity index is 2.16. The first-order valence-electron chi connectivity index (χ1n) is 6.25. The molecule has 0 spiro atoms. The zero-order chi connectivity index (χ0) is 13.8. The van der Waals surface area contributed by atoms with Crippen LogP contribution in [-0.4, -0.2) is 29.1 Å². The molecule has 0 radical (unpaired) electrons. The summed E-state index contributed by atoms with van der Waals surface area (Å²) in [5, 5.41) is 8.64. The first kappa shape index (κ1) is 13.6. The zero-order valence-corrected chi connectivity index (χ0v) is 10.8. The van der Waals surface area contributed by atoms with Crippen molar-refractivity contribution in [2.45, 2.75) is 19.9 Å². The highest BCUT2D eigenvalue weighted by Gasteiger charge is 2.26. The number of halogens is 1. The number of benzene rings is 1. The topological polar surface area (TPSA) is 40.5 Å². The number of hydrogen-bond acceptors (Lipinski definition) is 2. The van der Waals surface area contributed by atoms with Gasteiger partial charge in [0.15, 0.2) is 0 Å². The van der Waals surface area contributed by atoms with Gasteiger partial charge in [0, 0.05) is 25.1 Å². The second kappa shape index (κ2) is 5.85. The molecule has 1 saturated heterocycles. The lowest BCUT2D eigenvalue weighted by Gasteiger charge is -2.16. The Morgan fingerprint density at radius 3 is 2.89 bits per heavy atom. The molecule has 4 heteroatoms. The van der Waals surface area contributed by atoms with Crippen LogP contribution >= 0.6 is 0 Å². The number of amides is 1. The molecule has 1 aromatic carbocycles. The zero-order valence-electron chi connectivity index (χ0n) is 10.8. The summed E-state index contributed by atoms with van der Waals surface area (Å²) in [6.45, 7) is 2.90. The summed E-state index contributed by atoms with van der Waals surface area (Å²) >= 11 is 0. The first-order chi connectivity index (χ1) is 9.08. The van der Waals surface area contributed by atoms with Gasteiger partial charge < -0.3 is 10.0 Å². The smallest absolute Gasteiger partial charge is 0.223 e. The minimum atomic E-state index is -0.376. The van der Waals surface area contributed by atoms with Crippen LogP contribution in [0.5, 0.6) is 0 Å². The maximum absolute atomic E-state index is 13.5. The van der Waals surface area contributed by atoms with E-state index < -0.39 is 0 Å². The molecule has 1 amide bonds. The normalized spacial score (nSPS) is 18.4. The molecule has 2 rings (SSSR count). The molecule has 1 fully saturated rings. The summed E-state index contributed by atoms with van der Waals surface area (Å²) in [7, 11) is 0. The summed E-state index contributed by atoms with van der Waals surface area (Å²) in [4.78, 5) is 13.4. The summed E-state index contributed by atoms with van der Waals surface area (Å²) in [6, 6.07) is 4.49. The summed E-state index contributed by atoms with van der Waals surface area (Å²) in [6.07, 6.45) is 0.562. The largest absolute Gasteiger partial charge is 0.384 e. The third-order valence-electron chi connectivity index (χ3n) is 3.05. The summed E-state index contributed by atoms with van der Waals surface area (Å²) < 4.78 is 13.5. The molecule has 0 aromatic heterocycles. The van der Waals surface area contributed by atoms with E-state index >= 15 is 0 Å². The monoisotopic (exact) mass is 261 g/mol. The Labute approximate surface area is 112 Å². The highest BCUT2D eigenvalue weighted by atomic mass is 19.1. The van der Waals surface area contributed by atoms with E-state index in [1.54, 1.807) is 11.0 Å². The lowest BCUT2D eigenvalue weighted by atomic mass is 10.1. The molecule has 1 aromatic rings. The van der Waals surface area contributed by atoms with Crippen molar-refractivity contribution in [3.8, 4) is 11.8 Å². The van der Waals surface area contributed by atoms with Crippen molar-refractivity contribution < 1.29 is 14.3 Å². The minimum absolute atomic E-state index is 0.111. The molecule has 3 nitrogen and oxygen atoms in total. The van der Waals surface area contributed by atoms with Gasteiger partial charge >= 0.3 is 0 Å². The van der Waals surface area contributed by atoms with Crippen LogP contribution in [0, 0.1) is 23.6 Å². The standard InChI is InChI=1S/C15H16FNO2/c1-11-5-15(19)17(9-11)10-13-6-12(3-2-4-18)7-14(16)8-13/h6-8,11,18H,4-5,9-10H2,1H3. The molecule has 1 aliphatic heterocycles. The number of hydrogen-bond donors (Lipinski definition) is 1. The van der Waals surface area contributed by atoms with Crippen molar-refractivity contribution in [3.63, 3.8) is 0 Å². The Kier molecular flexibility index (Phi) is 4.18. The molecule has 0 bridgehead atoms. The lowest BCUT2D eigenvalue weighted by molar-refractivity contribution is -0.128. The van der Waals surface area contributed by atoms with Gasteiger partial charge in [0.2, 0.25) is 5.91 Å². The van der Waals surface area contributed by atoms with Crippen LogP contribution in [0.15, 0.2) is 18.2 Å². The van der Waals surface area contributed by atoms with Crippen LogP contribution in [-0.2, 0) is 11.3 Å². The molecular formula is C15H16FNO2. The van der Waals surface area contributed by atoms with Gasteiger partial charge in [-0.25, -0.2) is 4.39 Å². The number of carbonyl (C=O) groups is 1. The number of nitrogens with zero attached hydrogens (tertiary/aromatic N) is 1. The molecular weight excluding hydrogens is 245 g/mol. The van der Waals surface area contributed by atoms with Crippen LogP contribution in [0.3, 0.4) is 0 Å². The Morgan fingerprint density at radius 1 is 1.47 bits per heavy atom. The van der Waals surface area contributed by atoms with Gasteiger partial charge in [0.05, 0.1) is 0 Å². The summed E-state index contributed by atoms with van der Waals surface area (Å²) in [5.74, 6) is 5.26. The lowest BCUT2D eigenvalue weighted by Crippen LogP contribution is -2.24. The van der Waals surface area contributed by atoms with E-state index in [1.165, 1.54) is 12.1 Å². The first-order valence-corrected chi connectivity index (χ1v) is 6.25. The van der Waals surface area contributed by atoms with Gasteiger partial charge in [-0.05, 0) is 29.7 Å². The Hall–Kier alpha value is -1.86. The van der Waals surface area contributed by atoms with Crippen molar-refractivity contribution in [2.75, 3.05) is 13.2 Å². The van der Waals surface area contributed by atoms with Crippen LogP contribution in [0.4, 0.5) is 4.39 Å². The third-order valence-corrected chi connectivity index (χ3v) is 3.05. The molecule has 1 atom stereocenters. The maximum atomic E-state index is 13.5. The fourth-order valence-corrected chi connectivity index (χ4v) is 2.30. The van der Waals surface area contributed by atoms with E-state index in [0.29, 0.717) is 31.0 Å². The van der Waals surface area contributed by atoms with Gasteiger partial charge in [-0.1, -0.05) is 18.8 Å². The van der Waals surface area contributed by atoms with Gasteiger partial charge in [-0.15, -0.1) is 0 Å². The second-order valence-corrected chi connectivity index (χ2v) is 4.89. The fraction of sp³-hybridized carbons (Fsp3) is 0.400. The van der Waals surface area contributed by atoms with Crippen molar-refractivity contribution in [1.29, 1.82) is 0 Å². The number of rotatable bonds is 2. The Bertz CT molecular complexity index is 545. The average molecular weight is 261 g/mol. The van der Waals surface area contributed by atoms with Crippen LogP contribution in [0.2, 0.25) is 0 Å². The van der Waals surface area contributed by atoms with E-state index in [9.17, 15) is 9.18 Å². The van der Waals surface area contributed by atoms with E-state index in [0.717, 1.165) is 5.56 Å². The molecule has 100 valence electrons. The van der Waals surface area contributed by atoms with Gasteiger partial charge in [-0.2, -0.15) is 0 Å². The number of likely N-dealkylation sites (tertiary alicyclic amines) is 1. The van der Waals surface area contributed by atoms with E-state index in [2.05, 4.69) is 11.8 Å². The Morgan fingerprint density at radius 2 is 2.26 bits per heavy atom. The predicted octanol–water partition coefficient (Wildman–Crippen LogP) is 1.54. The number of aliphatic hydroxyl groups is 1. The van der Waals surface area contributed by atoms with Crippen LogP contribution in [0.1, 0.15) is 24.5 Å². The summed E-state index contributed by atoms with van der Waals surface area (Å²) in [5.41, 5.74) is 1.24. The van der Waals surface area contributed by atoms with Gasteiger partial charge in [0.25, 0.3) is 0 Å². The second-order valence-electron chi connectivity index (χ2n) is 4.89. The third kappa shape index (κ3) is 3.55. The highest BCUT2D eigenvalue weighted by molar-refractivity contribution is 5.78. The molecule has 0 saturated carbocycles. The number of carbonyl (C=O) groups excluding carboxylic acids is 1. The highest BCUT2D eigenvalue weighted by Crippen LogP contribution is 2.20. The van der Waals surface area contributed by atoms with Crippen LogP contribution < -0.4 is 0 Å².